The SMILES string of the molecule is CN1CCN(c2ncnc(N3CCc4c([nH]c5ccccc45)C3)c2[N+](=O)[O-])CC1. The number of nitro groups is 1. The molecule has 2 aromatic heterocycles. The van der Waals surface area contributed by atoms with Gasteiger partial charge in [0.05, 0.1) is 11.5 Å². The molecule has 1 fully saturated rings. The number of aromatic nitrogens is 3. The van der Waals surface area contributed by atoms with E-state index in [1.54, 1.807) is 0 Å². The average molecular weight is 393 g/mol. The first-order valence-electron chi connectivity index (χ1n) is 9.88. The van der Waals surface area contributed by atoms with Gasteiger partial charge in [-0.15, -0.1) is 0 Å². The van der Waals surface area contributed by atoms with E-state index in [1.807, 2.05) is 21.9 Å². The summed E-state index contributed by atoms with van der Waals surface area (Å²) in [5.41, 5.74) is 3.52. The lowest BCUT2D eigenvalue weighted by Gasteiger charge is -2.33. The molecule has 0 atom stereocenters. The maximum absolute atomic E-state index is 12.0. The number of H-pyrrole nitrogens is 1. The van der Waals surface area contributed by atoms with Crippen molar-refractivity contribution in [3.8, 4) is 0 Å². The van der Waals surface area contributed by atoms with Crippen LogP contribution in [0.25, 0.3) is 10.9 Å². The summed E-state index contributed by atoms with van der Waals surface area (Å²) < 4.78 is 0. The molecule has 0 radical (unpaired) electrons. The van der Waals surface area contributed by atoms with Crippen molar-refractivity contribution in [3.05, 3.63) is 52.0 Å². The lowest BCUT2D eigenvalue weighted by Crippen LogP contribution is -2.45. The second kappa shape index (κ2) is 7.00. The zero-order chi connectivity index (χ0) is 20.0. The van der Waals surface area contributed by atoms with E-state index in [-0.39, 0.29) is 10.6 Å². The van der Waals surface area contributed by atoms with Gasteiger partial charge in [0, 0.05) is 49.3 Å². The van der Waals surface area contributed by atoms with Gasteiger partial charge >= 0.3 is 5.69 Å². The van der Waals surface area contributed by atoms with Gasteiger partial charge in [0.2, 0.25) is 11.6 Å². The van der Waals surface area contributed by atoms with Crippen molar-refractivity contribution in [1.82, 2.24) is 19.9 Å². The lowest BCUT2D eigenvalue weighted by molar-refractivity contribution is -0.383. The predicted octanol–water partition coefficient (Wildman–Crippen LogP) is 2.18. The van der Waals surface area contributed by atoms with Crippen LogP contribution in [0.1, 0.15) is 11.3 Å². The maximum Gasteiger partial charge on any atom is 0.353 e. The number of benzene rings is 1. The first kappa shape index (κ1) is 17.9. The van der Waals surface area contributed by atoms with E-state index in [0.29, 0.717) is 24.7 Å². The maximum atomic E-state index is 12.0. The van der Waals surface area contributed by atoms with Crippen LogP contribution in [0, 0.1) is 10.1 Å². The summed E-state index contributed by atoms with van der Waals surface area (Å²) in [4.78, 5) is 30.0. The molecule has 9 nitrogen and oxygen atoms in total. The smallest absolute Gasteiger partial charge is 0.353 e. The van der Waals surface area contributed by atoms with Crippen molar-refractivity contribution < 1.29 is 4.92 Å². The lowest BCUT2D eigenvalue weighted by atomic mass is 10.0. The number of hydrogen-bond donors (Lipinski definition) is 1. The molecular formula is C20H23N7O2. The number of nitrogens with one attached hydrogen (secondary N) is 1. The number of hydrogen-bond acceptors (Lipinski definition) is 7. The van der Waals surface area contributed by atoms with Gasteiger partial charge in [-0.25, -0.2) is 9.97 Å². The van der Waals surface area contributed by atoms with Crippen molar-refractivity contribution in [1.29, 1.82) is 0 Å². The summed E-state index contributed by atoms with van der Waals surface area (Å²) in [6, 6.07) is 8.25. The Morgan fingerprint density at radius 1 is 1.03 bits per heavy atom. The molecule has 9 heteroatoms. The first-order chi connectivity index (χ1) is 14.1. The van der Waals surface area contributed by atoms with Crippen LogP contribution >= 0.6 is 0 Å². The second-order valence-electron chi connectivity index (χ2n) is 7.72. The van der Waals surface area contributed by atoms with Gasteiger partial charge in [-0.1, -0.05) is 18.2 Å². The van der Waals surface area contributed by atoms with Crippen LogP contribution in [-0.2, 0) is 13.0 Å². The highest BCUT2D eigenvalue weighted by atomic mass is 16.6. The highest BCUT2D eigenvalue weighted by Crippen LogP contribution is 2.37. The summed E-state index contributed by atoms with van der Waals surface area (Å²) in [6.07, 6.45) is 2.28. The molecular weight excluding hydrogens is 370 g/mol. The van der Waals surface area contributed by atoms with Gasteiger partial charge in [0.1, 0.15) is 6.33 Å². The molecule has 1 N–H and O–H groups in total. The van der Waals surface area contributed by atoms with E-state index >= 15 is 0 Å². The van der Waals surface area contributed by atoms with Crippen LogP contribution in [0.3, 0.4) is 0 Å². The van der Waals surface area contributed by atoms with E-state index < -0.39 is 0 Å². The van der Waals surface area contributed by atoms with E-state index in [4.69, 9.17) is 0 Å². The Hall–Kier alpha value is -3.20. The third-order valence-electron chi connectivity index (χ3n) is 5.95. The van der Waals surface area contributed by atoms with E-state index in [2.05, 4.69) is 39.0 Å². The largest absolute Gasteiger partial charge is 0.357 e. The molecule has 0 bridgehead atoms. The Morgan fingerprint density at radius 2 is 1.76 bits per heavy atom. The highest BCUT2D eigenvalue weighted by molar-refractivity contribution is 5.85. The molecule has 150 valence electrons. The molecule has 0 saturated carbocycles. The van der Waals surface area contributed by atoms with Crippen molar-refractivity contribution >= 4 is 28.2 Å². The van der Waals surface area contributed by atoms with Gasteiger partial charge in [0.15, 0.2) is 0 Å². The standard InChI is InChI=1S/C20H23N7O2/c1-24-8-10-25(11-9-24)19-18(27(28)29)20(22-13-21-19)26-7-6-15-14-4-2-3-5-16(14)23-17(15)12-26/h2-5,13,23H,6-12H2,1H3. The average Bonchev–Trinajstić information content (AvgIpc) is 3.11. The Balaban J connectivity index is 1.51. The van der Waals surface area contributed by atoms with E-state index in [0.717, 1.165) is 43.8 Å². The van der Waals surface area contributed by atoms with E-state index in [9.17, 15) is 10.1 Å². The molecule has 1 saturated heterocycles. The summed E-state index contributed by atoms with van der Waals surface area (Å²) in [7, 11) is 2.06. The highest BCUT2D eigenvalue weighted by Gasteiger charge is 2.33. The molecule has 3 aromatic rings. The topological polar surface area (TPSA) is 94.4 Å². The third kappa shape index (κ3) is 3.07. The molecule has 2 aliphatic rings. The number of anilines is 2. The van der Waals surface area contributed by atoms with Gasteiger partial charge < -0.3 is 19.7 Å². The first-order valence-corrected chi connectivity index (χ1v) is 9.88. The van der Waals surface area contributed by atoms with Gasteiger partial charge in [0.25, 0.3) is 0 Å². The van der Waals surface area contributed by atoms with E-state index in [1.165, 1.54) is 17.3 Å². The number of rotatable bonds is 3. The Bertz CT molecular complexity index is 1070. The fraction of sp³-hybridized carbons (Fsp3) is 0.400. The molecule has 29 heavy (non-hydrogen) atoms. The van der Waals surface area contributed by atoms with Crippen LogP contribution < -0.4 is 9.80 Å². The minimum Gasteiger partial charge on any atom is -0.357 e. The van der Waals surface area contributed by atoms with Crippen LogP contribution in [0.5, 0.6) is 0 Å². The van der Waals surface area contributed by atoms with Gasteiger partial charge in [-0.05, 0) is 25.1 Å². The normalized spacial score (nSPS) is 17.6. The van der Waals surface area contributed by atoms with Crippen LogP contribution in [0.2, 0.25) is 0 Å². The third-order valence-corrected chi connectivity index (χ3v) is 5.95. The monoisotopic (exact) mass is 393 g/mol. The molecule has 0 unspecified atom stereocenters. The van der Waals surface area contributed by atoms with Crippen LogP contribution in [0.15, 0.2) is 30.6 Å². The number of fused-ring (bicyclic) bond motifs is 3. The van der Waals surface area contributed by atoms with Crippen molar-refractivity contribution in [3.63, 3.8) is 0 Å². The minimum atomic E-state index is -0.330. The van der Waals surface area contributed by atoms with Gasteiger partial charge in [-0.3, -0.25) is 10.1 Å². The molecule has 0 spiro atoms. The fourth-order valence-corrected chi connectivity index (χ4v) is 4.38. The number of aromatic amines is 1. The Morgan fingerprint density at radius 3 is 2.52 bits per heavy atom. The summed E-state index contributed by atoms with van der Waals surface area (Å²) in [5, 5.41) is 13.3. The number of nitrogens with zero attached hydrogens (tertiary/aromatic N) is 6. The van der Waals surface area contributed by atoms with Crippen LogP contribution in [0.4, 0.5) is 17.3 Å². The summed E-state index contributed by atoms with van der Waals surface area (Å²) in [6.45, 7) is 4.43. The van der Waals surface area contributed by atoms with Crippen molar-refractivity contribution in [2.24, 2.45) is 0 Å². The second-order valence-corrected chi connectivity index (χ2v) is 7.72. The molecule has 4 heterocycles. The molecule has 0 amide bonds. The predicted molar refractivity (Wildman–Crippen MR) is 111 cm³/mol. The molecule has 1 aromatic carbocycles. The molecule has 5 rings (SSSR count). The summed E-state index contributed by atoms with van der Waals surface area (Å²) in [5.74, 6) is 0.832. The zero-order valence-electron chi connectivity index (χ0n) is 16.3. The number of likely N-dealkylation sites (N-methyl/N-ethyl adjacent to an activating group) is 1. The molecule has 0 aliphatic carbocycles. The number of para-hydroxylation sites is 1. The summed E-state index contributed by atoms with van der Waals surface area (Å²) >= 11 is 0. The minimum absolute atomic E-state index is 0.0108. The molecule has 2 aliphatic heterocycles. The Labute approximate surface area is 168 Å². The fourth-order valence-electron chi connectivity index (χ4n) is 4.38. The quantitative estimate of drug-likeness (QED) is 0.538. The van der Waals surface area contributed by atoms with Gasteiger partial charge in [-0.2, -0.15) is 0 Å². The zero-order valence-corrected chi connectivity index (χ0v) is 16.3. The van der Waals surface area contributed by atoms with Crippen molar-refractivity contribution in [2.75, 3.05) is 49.6 Å². The Kier molecular flexibility index (Phi) is 4.31. The van der Waals surface area contributed by atoms with Crippen molar-refractivity contribution in [2.45, 2.75) is 13.0 Å². The van der Waals surface area contributed by atoms with Crippen LogP contribution in [-0.4, -0.2) is 64.5 Å². The number of piperazine rings is 1.